The third-order valence-corrected chi connectivity index (χ3v) is 2.09. The van der Waals surface area contributed by atoms with Crippen molar-refractivity contribution >= 4 is 5.95 Å². The molecule has 0 amide bonds. The number of tetrazole rings is 1. The predicted molar refractivity (Wildman–Crippen MR) is 49.3 cm³/mol. The SMILES string of the molecule is CC(c1cnn(C)c1)n1nnnc1N. The Kier molecular flexibility index (Phi) is 1.91. The molecule has 7 nitrogen and oxygen atoms in total. The minimum atomic E-state index is -0.00120. The van der Waals surface area contributed by atoms with Gasteiger partial charge in [-0.3, -0.25) is 4.68 Å². The quantitative estimate of drug-likeness (QED) is 0.701. The Labute approximate surface area is 80.5 Å². The number of nitrogens with zero attached hydrogens (tertiary/aromatic N) is 6. The first-order valence-electron chi connectivity index (χ1n) is 4.20. The molecule has 1 unspecified atom stereocenters. The van der Waals surface area contributed by atoms with Crippen molar-refractivity contribution in [3.8, 4) is 0 Å². The van der Waals surface area contributed by atoms with Gasteiger partial charge in [0.1, 0.15) is 0 Å². The average molecular weight is 193 g/mol. The summed E-state index contributed by atoms with van der Waals surface area (Å²) < 4.78 is 3.28. The third kappa shape index (κ3) is 1.32. The van der Waals surface area contributed by atoms with Crippen LogP contribution in [-0.2, 0) is 7.05 Å². The molecule has 0 bridgehead atoms. The van der Waals surface area contributed by atoms with Gasteiger partial charge in [0.05, 0.1) is 12.2 Å². The molecule has 74 valence electrons. The Bertz CT molecular complexity index is 429. The summed E-state index contributed by atoms with van der Waals surface area (Å²) in [4.78, 5) is 0. The maximum Gasteiger partial charge on any atom is 0.240 e. The molecule has 0 spiro atoms. The molecule has 0 aliphatic heterocycles. The lowest BCUT2D eigenvalue weighted by atomic mass is 10.2. The molecular weight excluding hydrogens is 182 g/mol. The Hall–Kier alpha value is -1.92. The standard InChI is InChI=1S/C7H11N7/c1-5(6-3-9-13(2)4-6)14-7(8)10-11-12-14/h3-5H,1-2H3,(H2,8,10,12). The maximum absolute atomic E-state index is 5.59. The van der Waals surface area contributed by atoms with Crippen molar-refractivity contribution in [1.82, 2.24) is 30.0 Å². The maximum atomic E-state index is 5.59. The van der Waals surface area contributed by atoms with E-state index in [0.29, 0.717) is 5.95 Å². The molecule has 2 aromatic rings. The predicted octanol–water partition coefficient (Wildman–Crippen LogP) is -0.402. The van der Waals surface area contributed by atoms with Crippen LogP contribution in [0.4, 0.5) is 5.95 Å². The van der Waals surface area contributed by atoms with Gasteiger partial charge in [-0.1, -0.05) is 5.10 Å². The largest absolute Gasteiger partial charge is 0.367 e. The fraction of sp³-hybridized carbons (Fsp3) is 0.429. The van der Waals surface area contributed by atoms with E-state index in [-0.39, 0.29) is 6.04 Å². The first kappa shape index (κ1) is 8.67. The zero-order valence-electron chi connectivity index (χ0n) is 7.99. The summed E-state index contributed by atoms with van der Waals surface area (Å²) in [5.41, 5.74) is 6.61. The van der Waals surface area contributed by atoms with Gasteiger partial charge >= 0.3 is 0 Å². The first-order chi connectivity index (χ1) is 6.68. The molecule has 7 heteroatoms. The van der Waals surface area contributed by atoms with Crippen molar-refractivity contribution in [1.29, 1.82) is 0 Å². The number of aromatic nitrogens is 6. The summed E-state index contributed by atoms with van der Waals surface area (Å²) in [7, 11) is 1.86. The van der Waals surface area contributed by atoms with E-state index in [9.17, 15) is 0 Å². The van der Waals surface area contributed by atoms with Crippen LogP contribution in [0.3, 0.4) is 0 Å². The van der Waals surface area contributed by atoms with Crippen molar-refractivity contribution in [2.24, 2.45) is 7.05 Å². The molecular formula is C7H11N7. The highest BCUT2D eigenvalue weighted by Crippen LogP contribution is 2.16. The summed E-state index contributed by atoms with van der Waals surface area (Å²) in [6.45, 7) is 1.96. The number of hydrogen-bond acceptors (Lipinski definition) is 5. The van der Waals surface area contributed by atoms with Crippen LogP contribution in [0.1, 0.15) is 18.5 Å². The highest BCUT2D eigenvalue weighted by atomic mass is 15.6. The number of anilines is 1. The van der Waals surface area contributed by atoms with Crippen LogP contribution in [-0.4, -0.2) is 30.0 Å². The number of nitrogen functional groups attached to an aromatic ring is 1. The molecule has 0 aliphatic rings. The van der Waals surface area contributed by atoms with Crippen molar-refractivity contribution in [2.75, 3.05) is 5.73 Å². The molecule has 2 aromatic heterocycles. The Morgan fingerprint density at radius 1 is 1.50 bits per heavy atom. The molecule has 14 heavy (non-hydrogen) atoms. The van der Waals surface area contributed by atoms with Crippen LogP contribution in [0.2, 0.25) is 0 Å². The van der Waals surface area contributed by atoms with E-state index in [1.807, 2.05) is 20.2 Å². The second kappa shape index (κ2) is 3.09. The van der Waals surface area contributed by atoms with E-state index in [4.69, 9.17) is 5.73 Å². The van der Waals surface area contributed by atoms with E-state index in [2.05, 4.69) is 20.6 Å². The Balaban J connectivity index is 2.33. The number of aryl methyl sites for hydroxylation is 1. The second-order valence-corrected chi connectivity index (χ2v) is 3.10. The molecule has 2 N–H and O–H groups in total. The average Bonchev–Trinajstić information content (AvgIpc) is 2.73. The minimum absolute atomic E-state index is 0.00120. The van der Waals surface area contributed by atoms with E-state index in [0.717, 1.165) is 5.56 Å². The van der Waals surface area contributed by atoms with Gasteiger partial charge < -0.3 is 5.73 Å². The lowest BCUT2D eigenvalue weighted by molar-refractivity contribution is 0.549. The normalized spacial score (nSPS) is 13.0. The van der Waals surface area contributed by atoms with Gasteiger partial charge in [-0.05, 0) is 17.4 Å². The number of hydrogen-bond donors (Lipinski definition) is 1. The lowest BCUT2D eigenvalue weighted by Crippen LogP contribution is -2.11. The van der Waals surface area contributed by atoms with Gasteiger partial charge in [0.15, 0.2) is 0 Å². The van der Waals surface area contributed by atoms with Gasteiger partial charge in [0.2, 0.25) is 5.95 Å². The van der Waals surface area contributed by atoms with Crippen molar-refractivity contribution in [3.63, 3.8) is 0 Å². The second-order valence-electron chi connectivity index (χ2n) is 3.10. The van der Waals surface area contributed by atoms with Crippen LogP contribution < -0.4 is 5.73 Å². The van der Waals surface area contributed by atoms with Gasteiger partial charge in [-0.15, -0.1) is 0 Å². The van der Waals surface area contributed by atoms with Crippen LogP contribution in [0.15, 0.2) is 12.4 Å². The molecule has 0 fully saturated rings. The van der Waals surface area contributed by atoms with Gasteiger partial charge in [0, 0.05) is 18.8 Å². The van der Waals surface area contributed by atoms with Crippen LogP contribution in [0, 0.1) is 0 Å². The number of nitrogens with two attached hydrogens (primary N) is 1. The van der Waals surface area contributed by atoms with Crippen molar-refractivity contribution < 1.29 is 0 Å². The molecule has 0 radical (unpaired) electrons. The van der Waals surface area contributed by atoms with Gasteiger partial charge in [-0.2, -0.15) is 5.10 Å². The molecule has 2 rings (SSSR count). The minimum Gasteiger partial charge on any atom is -0.367 e. The highest BCUT2D eigenvalue weighted by molar-refractivity contribution is 5.18. The molecule has 1 atom stereocenters. The third-order valence-electron chi connectivity index (χ3n) is 2.09. The highest BCUT2D eigenvalue weighted by Gasteiger charge is 2.13. The fourth-order valence-corrected chi connectivity index (χ4v) is 1.27. The summed E-state index contributed by atoms with van der Waals surface area (Å²) in [5, 5.41) is 15.0. The summed E-state index contributed by atoms with van der Waals surface area (Å²) in [5.74, 6) is 0.307. The van der Waals surface area contributed by atoms with Crippen LogP contribution in [0.25, 0.3) is 0 Å². The topological polar surface area (TPSA) is 87.4 Å². The zero-order chi connectivity index (χ0) is 10.1. The number of rotatable bonds is 2. The summed E-state index contributed by atoms with van der Waals surface area (Å²) >= 11 is 0. The Morgan fingerprint density at radius 2 is 2.29 bits per heavy atom. The van der Waals surface area contributed by atoms with E-state index < -0.39 is 0 Å². The van der Waals surface area contributed by atoms with Crippen molar-refractivity contribution in [2.45, 2.75) is 13.0 Å². The van der Waals surface area contributed by atoms with Gasteiger partial charge in [-0.25, -0.2) is 4.68 Å². The monoisotopic (exact) mass is 193 g/mol. The molecule has 0 saturated carbocycles. The Morgan fingerprint density at radius 3 is 2.79 bits per heavy atom. The first-order valence-corrected chi connectivity index (χ1v) is 4.20. The van der Waals surface area contributed by atoms with Gasteiger partial charge in [0.25, 0.3) is 0 Å². The van der Waals surface area contributed by atoms with Crippen LogP contribution >= 0.6 is 0 Å². The molecule has 0 saturated heterocycles. The van der Waals surface area contributed by atoms with Crippen molar-refractivity contribution in [3.05, 3.63) is 18.0 Å². The summed E-state index contributed by atoms with van der Waals surface area (Å²) in [6.07, 6.45) is 3.68. The fourth-order valence-electron chi connectivity index (χ4n) is 1.27. The lowest BCUT2D eigenvalue weighted by Gasteiger charge is -2.08. The van der Waals surface area contributed by atoms with Crippen LogP contribution in [0.5, 0.6) is 0 Å². The summed E-state index contributed by atoms with van der Waals surface area (Å²) in [6, 6.07) is -0.00120. The van der Waals surface area contributed by atoms with E-state index in [1.54, 1.807) is 15.6 Å². The van der Waals surface area contributed by atoms with E-state index >= 15 is 0 Å². The molecule has 0 aromatic carbocycles. The smallest absolute Gasteiger partial charge is 0.240 e. The van der Waals surface area contributed by atoms with E-state index in [1.165, 1.54) is 0 Å². The zero-order valence-corrected chi connectivity index (χ0v) is 7.99. The molecule has 2 heterocycles. The molecule has 0 aliphatic carbocycles.